The third-order valence-corrected chi connectivity index (χ3v) is 1.92. The summed E-state index contributed by atoms with van der Waals surface area (Å²) in [6.07, 6.45) is 9.49. The summed E-state index contributed by atoms with van der Waals surface area (Å²) in [7, 11) is 0. The Morgan fingerprint density at radius 3 is 2.69 bits per heavy atom. The fraction of sp³-hybridized carbons (Fsp3) is 0.167. The Bertz CT molecular complexity index is 303. The highest BCUT2D eigenvalue weighted by Gasteiger charge is 2.05. The van der Waals surface area contributed by atoms with Gasteiger partial charge in [0.25, 0.3) is 0 Å². The largest absolute Gasteiger partial charge is 0.489 e. The molecule has 0 atom stereocenters. The summed E-state index contributed by atoms with van der Waals surface area (Å²) in [5.74, 6) is 0.870. The Labute approximate surface area is 79.4 Å². The van der Waals surface area contributed by atoms with Crippen molar-refractivity contribution in [3.8, 4) is 0 Å². The van der Waals surface area contributed by atoms with E-state index in [4.69, 9.17) is 4.74 Å². The standard InChI is InChI=1S/C12H14O/c1-4-10(3)11(5-2)12-8-6-7-9-13-12/h4-8H,1-2,9H2,3H3/b11-10+. The maximum Gasteiger partial charge on any atom is 0.127 e. The monoisotopic (exact) mass is 174 g/mol. The van der Waals surface area contributed by atoms with Crippen LogP contribution in [0.3, 0.4) is 0 Å². The molecule has 0 aromatic heterocycles. The normalized spacial score (nSPS) is 16.8. The third kappa shape index (κ3) is 2.22. The lowest BCUT2D eigenvalue weighted by atomic mass is 10.1. The average molecular weight is 174 g/mol. The Morgan fingerprint density at radius 1 is 1.46 bits per heavy atom. The van der Waals surface area contributed by atoms with E-state index in [9.17, 15) is 0 Å². The van der Waals surface area contributed by atoms with Crippen LogP contribution in [-0.4, -0.2) is 6.61 Å². The molecule has 1 nitrogen and oxygen atoms in total. The van der Waals surface area contributed by atoms with Gasteiger partial charge in [-0.05, 0) is 24.6 Å². The summed E-state index contributed by atoms with van der Waals surface area (Å²) in [6.45, 7) is 10.1. The van der Waals surface area contributed by atoms with Crippen LogP contribution in [0.25, 0.3) is 0 Å². The Hall–Kier alpha value is -1.50. The summed E-state index contributed by atoms with van der Waals surface area (Å²) in [5.41, 5.74) is 2.09. The molecular formula is C12H14O. The SMILES string of the molecule is C=C/C(C)=C(\C=C)C1=CC=CCO1. The van der Waals surface area contributed by atoms with Crippen molar-refractivity contribution >= 4 is 0 Å². The van der Waals surface area contributed by atoms with Crippen LogP contribution in [-0.2, 0) is 4.74 Å². The predicted molar refractivity (Wildman–Crippen MR) is 56.3 cm³/mol. The van der Waals surface area contributed by atoms with Gasteiger partial charge in [-0.1, -0.05) is 31.4 Å². The van der Waals surface area contributed by atoms with Gasteiger partial charge in [0.2, 0.25) is 0 Å². The van der Waals surface area contributed by atoms with Gasteiger partial charge in [-0.25, -0.2) is 0 Å². The van der Waals surface area contributed by atoms with E-state index < -0.39 is 0 Å². The maximum atomic E-state index is 5.45. The third-order valence-electron chi connectivity index (χ3n) is 1.92. The minimum Gasteiger partial charge on any atom is -0.489 e. The highest BCUT2D eigenvalue weighted by molar-refractivity contribution is 5.44. The molecule has 0 aliphatic carbocycles. The van der Waals surface area contributed by atoms with E-state index in [1.54, 1.807) is 12.2 Å². The van der Waals surface area contributed by atoms with Crippen LogP contribution in [0.4, 0.5) is 0 Å². The highest BCUT2D eigenvalue weighted by atomic mass is 16.5. The molecular weight excluding hydrogens is 160 g/mol. The second-order valence-corrected chi connectivity index (χ2v) is 2.78. The second-order valence-electron chi connectivity index (χ2n) is 2.78. The van der Waals surface area contributed by atoms with Crippen molar-refractivity contribution < 1.29 is 4.74 Å². The van der Waals surface area contributed by atoms with Crippen molar-refractivity contribution in [3.63, 3.8) is 0 Å². The van der Waals surface area contributed by atoms with Gasteiger partial charge in [0.05, 0.1) is 0 Å². The van der Waals surface area contributed by atoms with Gasteiger partial charge in [0.15, 0.2) is 0 Å². The number of hydrogen-bond donors (Lipinski definition) is 0. The van der Waals surface area contributed by atoms with Crippen molar-refractivity contribution in [2.45, 2.75) is 6.92 Å². The minimum absolute atomic E-state index is 0.633. The van der Waals surface area contributed by atoms with Gasteiger partial charge in [0.1, 0.15) is 12.4 Å². The van der Waals surface area contributed by atoms with E-state index >= 15 is 0 Å². The van der Waals surface area contributed by atoms with E-state index in [0.717, 1.165) is 16.9 Å². The van der Waals surface area contributed by atoms with E-state index in [1.165, 1.54) is 0 Å². The average Bonchev–Trinajstić information content (AvgIpc) is 2.20. The van der Waals surface area contributed by atoms with Crippen molar-refractivity contribution in [1.29, 1.82) is 0 Å². The molecule has 68 valence electrons. The van der Waals surface area contributed by atoms with E-state index in [0.29, 0.717) is 6.61 Å². The number of rotatable bonds is 3. The smallest absolute Gasteiger partial charge is 0.127 e. The van der Waals surface area contributed by atoms with Gasteiger partial charge in [-0.3, -0.25) is 0 Å². The lowest BCUT2D eigenvalue weighted by molar-refractivity contribution is 0.253. The van der Waals surface area contributed by atoms with Crippen LogP contribution in [0.5, 0.6) is 0 Å². The van der Waals surface area contributed by atoms with Crippen molar-refractivity contribution in [2.75, 3.05) is 6.61 Å². The Morgan fingerprint density at radius 2 is 2.23 bits per heavy atom. The first-order chi connectivity index (χ1) is 6.29. The van der Waals surface area contributed by atoms with Crippen molar-refractivity contribution in [3.05, 3.63) is 60.4 Å². The molecule has 1 aliphatic rings. The number of ether oxygens (including phenoxy) is 1. The van der Waals surface area contributed by atoms with Crippen molar-refractivity contribution in [2.24, 2.45) is 0 Å². The van der Waals surface area contributed by atoms with Gasteiger partial charge in [-0.2, -0.15) is 0 Å². The zero-order valence-corrected chi connectivity index (χ0v) is 7.92. The first-order valence-electron chi connectivity index (χ1n) is 4.25. The Kier molecular flexibility index (Phi) is 3.32. The van der Waals surface area contributed by atoms with E-state index in [-0.39, 0.29) is 0 Å². The molecule has 1 aliphatic heterocycles. The topological polar surface area (TPSA) is 9.23 Å². The number of hydrogen-bond acceptors (Lipinski definition) is 1. The molecule has 0 fully saturated rings. The molecule has 0 amide bonds. The van der Waals surface area contributed by atoms with Crippen LogP contribution >= 0.6 is 0 Å². The summed E-state index contributed by atoms with van der Waals surface area (Å²) >= 11 is 0. The molecule has 1 heteroatoms. The van der Waals surface area contributed by atoms with Crippen LogP contribution in [0.1, 0.15) is 6.92 Å². The van der Waals surface area contributed by atoms with Crippen molar-refractivity contribution in [1.82, 2.24) is 0 Å². The molecule has 0 N–H and O–H groups in total. The lowest BCUT2D eigenvalue weighted by Gasteiger charge is -2.13. The molecule has 1 rings (SSSR count). The molecule has 0 bridgehead atoms. The van der Waals surface area contributed by atoms with E-state index in [1.807, 2.05) is 25.2 Å². The predicted octanol–water partition coefficient (Wildman–Crippen LogP) is 3.15. The lowest BCUT2D eigenvalue weighted by Crippen LogP contribution is -1.99. The molecule has 0 saturated carbocycles. The van der Waals surface area contributed by atoms with Gasteiger partial charge < -0.3 is 4.74 Å². The number of allylic oxidation sites excluding steroid dienone is 5. The second kappa shape index (κ2) is 4.51. The Balaban J connectivity index is 3.02. The van der Waals surface area contributed by atoms with E-state index in [2.05, 4.69) is 13.2 Å². The first-order valence-corrected chi connectivity index (χ1v) is 4.25. The summed E-state index contributed by atoms with van der Waals surface area (Å²) in [6, 6.07) is 0. The van der Waals surface area contributed by atoms with Crippen LogP contribution in [0.2, 0.25) is 0 Å². The quantitative estimate of drug-likeness (QED) is 0.597. The molecule has 0 radical (unpaired) electrons. The first kappa shape index (κ1) is 9.59. The molecule has 0 aromatic rings. The van der Waals surface area contributed by atoms with Crippen LogP contribution in [0.15, 0.2) is 60.4 Å². The maximum absolute atomic E-state index is 5.45. The molecule has 0 aromatic carbocycles. The highest BCUT2D eigenvalue weighted by Crippen LogP contribution is 2.19. The molecule has 0 unspecified atom stereocenters. The molecule has 0 spiro atoms. The van der Waals surface area contributed by atoms with Crippen LogP contribution in [0, 0.1) is 0 Å². The summed E-state index contributed by atoms with van der Waals surface area (Å²) in [5, 5.41) is 0. The van der Waals surface area contributed by atoms with Crippen LogP contribution < -0.4 is 0 Å². The van der Waals surface area contributed by atoms with Gasteiger partial charge in [0, 0.05) is 5.57 Å². The zero-order valence-electron chi connectivity index (χ0n) is 7.92. The molecule has 0 saturated heterocycles. The fourth-order valence-electron chi connectivity index (χ4n) is 1.13. The molecule has 1 heterocycles. The minimum atomic E-state index is 0.633. The molecule has 13 heavy (non-hydrogen) atoms. The summed E-state index contributed by atoms with van der Waals surface area (Å²) < 4.78 is 5.45. The van der Waals surface area contributed by atoms with Gasteiger partial charge >= 0.3 is 0 Å². The zero-order chi connectivity index (χ0) is 9.68. The van der Waals surface area contributed by atoms with Gasteiger partial charge in [-0.15, -0.1) is 0 Å². The fourth-order valence-corrected chi connectivity index (χ4v) is 1.13. The summed E-state index contributed by atoms with van der Waals surface area (Å²) in [4.78, 5) is 0.